The smallest absolute Gasteiger partial charge is 0.325 e. The monoisotopic (exact) mass is 350 g/mol. The van der Waals surface area contributed by atoms with E-state index in [1.54, 1.807) is 18.2 Å². The summed E-state index contributed by atoms with van der Waals surface area (Å²) < 4.78 is 0. The molecule has 5 heteroatoms. The molecule has 5 nitrogen and oxygen atoms in total. The summed E-state index contributed by atoms with van der Waals surface area (Å²) in [5, 5.41) is 11.4. The summed E-state index contributed by atoms with van der Waals surface area (Å²) in [5.41, 5.74) is 3.45. The number of carbonyl (C=O) groups is 2. The van der Waals surface area contributed by atoms with Crippen molar-refractivity contribution < 1.29 is 14.7 Å². The molecule has 0 spiro atoms. The van der Waals surface area contributed by atoms with Crippen molar-refractivity contribution in [2.45, 2.75) is 19.5 Å². The third-order valence-electron chi connectivity index (χ3n) is 3.94. The lowest BCUT2D eigenvalue weighted by Crippen LogP contribution is -2.38. The molecule has 26 heavy (non-hydrogen) atoms. The highest BCUT2D eigenvalue weighted by atomic mass is 16.4. The molecule has 0 fully saturated rings. The molecular weight excluding hydrogens is 328 g/mol. The number of amides is 1. The average Bonchev–Trinajstić information content (AvgIpc) is 2.62. The van der Waals surface area contributed by atoms with E-state index in [0.717, 1.165) is 23.2 Å². The van der Waals surface area contributed by atoms with Crippen molar-refractivity contribution in [1.82, 2.24) is 10.2 Å². The van der Waals surface area contributed by atoms with Gasteiger partial charge in [0.05, 0.1) is 6.54 Å². The van der Waals surface area contributed by atoms with Crippen molar-refractivity contribution in [3.8, 4) is 23.5 Å². The molecule has 2 rings (SSSR count). The Morgan fingerprint density at radius 3 is 2.50 bits per heavy atom. The number of nitrogens with zero attached hydrogens (tertiary/aromatic N) is 1. The maximum atomic E-state index is 12.2. The van der Waals surface area contributed by atoms with Crippen LogP contribution in [-0.2, 0) is 11.3 Å². The van der Waals surface area contributed by atoms with Gasteiger partial charge in [0.15, 0.2) is 0 Å². The molecule has 1 atom stereocenters. The molecule has 0 heterocycles. The van der Waals surface area contributed by atoms with Gasteiger partial charge < -0.3 is 10.4 Å². The first kappa shape index (κ1) is 19.2. The number of terminal acetylenes is 1. The molecule has 0 aliphatic rings. The van der Waals surface area contributed by atoms with Crippen LogP contribution in [0.1, 0.15) is 22.8 Å². The van der Waals surface area contributed by atoms with Crippen molar-refractivity contribution in [1.29, 1.82) is 0 Å². The number of hydrogen-bond donors (Lipinski definition) is 2. The molecule has 0 bridgehead atoms. The van der Waals surface area contributed by atoms with E-state index in [4.69, 9.17) is 11.5 Å². The highest BCUT2D eigenvalue weighted by Crippen LogP contribution is 2.21. The zero-order valence-corrected chi connectivity index (χ0v) is 14.9. The Kier molecular flexibility index (Phi) is 6.54. The summed E-state index contributed by atoms with van der Waals surface area (Å²) in [6.45, 7) is 2.79. The minimum absolute atomic E-state index is 0.408. The number of carbonyl (C=O) groups excluding carboxylic acids is 1. The number of hydrogen-bond acceptors (Lipinski definition) is 3. The van der Waals surface area contributed by atoms with Gasteiger partial charge in [-0.25, -0.2) is 0 Å². The largest absolute Gasteiger partial charge is 0.480 e. The molecule has 0 aliphatic heterocycles. The Morgan fingerprint density at radius 2 is 1.88 bits per heavy atom. The van der Waals surface area contributed by atoms with Gasteiger partial charge >= 0.3 is 5.97 Å². The number of benzene rings is 2. The second-order valence-corrected chi connectivity index (χ2v) is 6.19. The molecule has 1 unspecified atom stereocenters. The minimum atomic E-state index is -1.07. The first-order valence-corrected chi connectivity index (χ1v) is 8.25. The quantitative estimate of drug-likeness (QED) is 0.753. The SMILES string of the molecule is C#CCN(C)Cc1ccc(-c2cccc(C(=O)NC(C)C(=O)O)c2)cc1. The van der Waals surface area contributed by atoms with Crippen LogP contribution in [0.4, 0.5) is 0 Å². The Bertz CT molecular complexity index is 822. The predicted molar refractivity (Wildman–Crippen MR) is 102 cm³/mol. The Labute approximate surface area is 153 Å². The predicted octanol–water partition coefficient (Wildman–Crippen LogP) is 2.62. The molecule has 0 aliphatic carbocycles. The van der Waals surface area contributed by atoms with E-state index in [1.165, 1.54) is 6.92 Å². The third kappa shape index (κ3) is 5.20. The van der Waals surface area contributed by atoms with E-state index in [-0.39, 0.29) is 0 Å². The fourth-order valence-corrected chi connectivity index (χ4v) is 2.51. The molecule has 0 aromatic heterocycles. The Balaban J connectivity index is 2.13. The van der Waals surface area contributed by atoms with E-state index < -0.39 is 17.9 Å². The molecule has 134 valence electrons. The Morgan fingerprint density at radius 1 is 1.19 bits per heavy atom. The molecule has 2 aromatic rings. The van der Waals surface area contributed by atoms with Crippen LogP contribution >= 0.6 is 0 Å². The van der Waals surface area contributed by atoms with Crippen LogP contribution < -0.4 is 5.32 Å². The average molecular weight is 350 g/mol. The zero-order valence-electron chi connectivity index (χ0n) is 14.9. The maximum Gasteiger partial charge on any atom is 0.325 e. The maximum absolute atomic E-state index is 12.2. The first-order valence-electron chi connectivity index (χ1n) is 8.25. The molecule has 0 saturated heterocycles. The summed E-state index contributed by atoms with van der Waals surface area (Å²) in [4.78, 5) is 25.1. The minimum Gasteiger partial charge on any atom is -0.480 e. The van der Waals surface area contributed by atoms with E-state index in [0.29, 0.717) is 12.1 Å². The summed E-state index contributed by atoms with van der Waals surface area (Å²) in [6.07, 6.45) is 5.31. The van der Waals surface area contributed by atoms with Crippen LogP contribution in [0.3, 0.4) is 0 Å². The van der Waals surface area contributed by atoms with Crippen LogP contribution in [-0.4, -0.2) is 41.5 Å². The van der Waals surface area contributed by atoms with E-state index in [9.17, 15) is 9.59 Å². The van der Waals surface area contributed by atoms with Gasteiger partial charge in [0.1, 0.15) is 6.04 Å². The van der Waals surface area contributed by atoms with Crippen LogP contribution in [0.5, 0.6) is 0 Å². The van der Waals surface area contributed by atoms with Gasteiger partial charge in [-0.15, -0.1) is 6.42 Å². The fourth-order valence-electron chi connectivity index (χ4n) is 2.51. The molecule has 0 saturated carbocycles. The second kappa shape index (κ2) is 8.84. The summed E-state index contributed by atoms with van der Waals surface area (Å²) >= 11 is 0. The number of aliphatic carboxylic acids is 1. The normalized spacial score (nSPS) is 11.6. The van der Waals surface area contributed by atoms with Gasteiger partial charge in [-0.1, -0.05) is 42.3 Å². The molecule has 2 aromatic carbocycles. The van der Waals surface area contributed by atoms with Gasteiger partial charge in [0.2, 0.25) is 0 Å². The topological polar surface area (TPSA) is 69.6 Å². The number of carboxylic acids is 1. The van der Waals surface area contributed by atoms with Crippen molar-refractivity contribution in [2.75, 3.05) is 13.6 Å². The van der Waals surface area contributed by atoms with Crippen molar-refractivity contribution in [2.24, 2.45) is 0 Å². The van der Waals surface area contributed by atoms with Crippen molar-refractivity contribution >= 4 is 11.9 Å². The zero-order chi connectivity index (χ0) is 19.1. The van der Waals surface area contributed by atoms with Gasteiger partial charge in [0.25, 0.3) is 5.91 Å². The first-order chi connectivity index (χ1) is 12.4. The van der Waals surface area contributed by atoms with Crippen molar-refractivity contribution in [3.63, 3.8) is 0 Å². The fraction of sp³-hybridized carbons (Fsp3) is 0.238. The summed E-state index contributed by atoms with van der Waals surface area (Å²) in [7, 11) is 1.97. The molecule has 2 N–H and O–H groups in total. The van der Waals surface area contributed by atoms with E-state index >= 15 is 0 Å². The van der Waals surface area contributed by atoms with Crippen molar-refractivity contribution in [3.05, 3.63) is 59.7 Å². The standard InChI is InChI=1S/C21H22N2O3/c1-4-12-23(3)14-16-8-10-17(11-9-16)18-6-5-7-19(13-18)20(24)22-15(2)21(25)26/h1,5-11,13,15H,12,14H2,2-3H3,(H,22,24)(H,25,26). The van der Waals surface area contributed by atoms with E-state index in [1.807, 2.05) is 42.3 Å². The van der Waals surface area contributed by atoms with Crippen LogP contribution in [0.2, 0.25) is 0 Å². The van der Waals surface area contributed by atoms with Crippen LogP contribution in [0.15, 0.2) is 48.5 Å². The lowest BCUT2D eigenvalue weighted by molar-refractivity contribution is -0.138. The van der Waals surface area contributed by atoms with Gasteiger partial charge in [0, 0.05) is 12.1 Å². The molecule has 0 radical (unpaired) electrons. The number of rotatable bonds is 7. The number of carboxylic acid groups (broad SMARTS) is 1. The molecular formula is C21H22N2O3. The van der Waals surface area contributed by atoms with Crippen LogP contribution in [0.25, 0.3) is 11.1 Å². The highest BCUT2D eigenvalue weighted by molar-refractivity contribution is 5.97. The molecule has 1 amide bonds. The second-order valence-electron chi connectivity index (χ2n) is 6.19. The third-order valence-corrected chi connectivity index (χ3v) is 3.94. The van der Waals surface area contributed by atoms with Gasteiger partial charge in [-0.2, -0.15) is 0 Å². The highest BCUT2D eigenvalue weighted by Gasteiger charge is 2.15. The van der Waals surface area contributed by atoms with E-state index in [2.05, 4.69) is 11.2 Å². The summed E-state index contributed by atoms with van der Waals surface area (Å²) in [5.74, 6) is 1.14. The Hall–Kier alpha value is -3.10. The number of nitrogens with one attached hydrogen (secondary N) is 1. The lowest BCUT2D eigenvalue weighted by atomic mass is 10.0. The van der Waals surface area contributed by atoms with Gasteiger partial charge in [-0.05, 0) is 42.8 Å². The van der Waals surface area contributed by atoms with Crippen LogP contribution in [0, 0.1) is 12.3 Å². The summed E-state index contributed by atoms with van der Waals surface area (Å²) in [6, 6.07) is 14.2. The lowest BCUT2D eigenvalue weighted by Gasteiger charge is -2.13. The van der Waals surface area contributed by atoms with Gasteiger partial charge in [-0.3, -0.25) is 14.5 Å².